The summed E-state index contributed by atoms with van der Waals surface area (Å²) < 4.78 is 0. The van der Waals surface area contributed by atoms with Gasteiger partial charge in [-0.2, -0.15) is 0 Å². The molecular weight excluding hydrogens is 258 g/mol. The van der Waals surface area contributed by atoms with E-state index in [2.05, 4.69) is 48.2 Å². The standard InChI is InChI=1S/C19H17NO/c1-15-7-9-17(10-8-15)20(16-5-3-2-4-6-16)18-11-13-19(21)14-12-18/h2-14,21H,1H3. The average molecular weight is 275 g/mol. The maximum atomic E-state index is 9.50. The maximum Gasteiger partial charge on any atom is 0.115 e. The molecule has 0 saturated heterocycles. The summed E-state index contributed by atoms with van der Waals surface area (Å²) in [5.74, 6) is 0.274. The quantitative estimate of drug-likeness (QED) is 0.712. The van der Waals surface area contributed by atoms with Gasteiger partial charge in [0.15, 0.2) is 0 Å². The smallest absolute Gasteiger partial charge is 0.115 e. The van der Waals surface area contributed by atoms with Crippen molar-refractivity contribution < 1.29 is 5.11 Å². The highest BCUT2D eigenvalue weighted by Crippen LogP contribution is 2.34. The molecule has 3 aromatic carbocycles. The van der Waals surface area contributed by atoms with Crippen molar-refractivity contribution >= 4 is 17.1 Å². The van der Waals surface area contributed by atoms with Crippen molar-refractivity contribution in [3.05, 3.63) is 84.4 Å². The van der Waals surface area contributed by atoms with Crippen molar-refractivity contribution in [1.82, 2.24) is 0 Å². The van der Waals surface area contributed by atoms with E-state index < -0.39 is 0 Å². The molecule has 0 bridgehead atoms. The van der Waals surface area contributed by atoms with Crippen LogP contribution in [0.2, 0.25) is 0 Å². The lowest BCUT2D eigenvalue weighted by molar-refractivity contribution is 0.475. The molecule has 2 nitrogen and oxygen atoms in total. The van der Waals surface area contributed by atoms with Gasteiger partial charge < -0.3 is 10.0 Å². The Morgan fingerprint density at radius 2 is 1.10 bits per heavy atom. The van der Waals surface area contributed by atoms with Gasteiger partial charge in [0, 0.05) is 17.1 Å². The third-order valence-electron chi connectivity index (χ3n) is 3.41. The lowest BCUT2D eigenvalue weighted by Crippen LogP contribution is -2.09. The average Bonchev–Trinajstić information content (AvgIpc) is 2.52. The molecule has 104 valence electrons. The minimum atomic E-state index is 0.274. The zero-order chi connectivity index (χ0) is 14.7. The molecule has 0 fully saturated rings. The van der Waals surface area contributed by atoms with Crippen molar-refractivity contribution in [3.8, 4) is 5.75 Å². The van der Waals surface area contributed by atoms with Gasteiger partial charge in [0.25, 0.3) is 0 Å². The van der Waals surface area contributed by atoms with Gasteiger partial charge in [0.1, 0.15) is 5.75 Å². The lowest BCUT2D eigenvalue weighted by atomic mass is 10.1. The Morgan fingerprint density at radius 3 is 1.67 bits per heavy atom. The number of aromatic hydroxyl groups is 1. The molecule has 3 rings (SSSR count). The second-order valence-electron chi connectivity index (χ2n) is 5.02. The number of para-hydroxylation sites is 1. The number of anilines is 3. The van der Waals surface area contributed by atoms with E-state index in [0.717, 1.165) is 17.1 Å². The number of hydrogen-bond donors (Lipinski definition) is 1. The summed E-state index contributed by atoms with van der Waals surface area (Å²) >= 11 is 0. The second-order valence-corrected chi connectivity index (χ2v) is 5.02. The Hall–Kier alpha value is -2.74. The van der Waals surface area contributed by atoms with Crippen LogP contribution in [0, 0.1) is 6.92 Å². The van der Waals surface area contributed by atoms with Gasteiger partial charge in [0.05, 0.1) is 0 Å². The van der Waals surface area contributed by atoms with Gasteiger partial charge in [-0.1, -0.05) is 35.9 Å². The largest absolute Gasteiger partial charge is 0.508 e. The summed E-state index contributed by atoms with van der Waals surface area (Å²) in [6, 6.07) is 25.9. The number of phenolic OH excluding ortho intramolecular Hbond substituents is 1. The van der Waals surface area contributed by atoms with Crippen LogP contribution in [-0.4, -0.2) is 5.11 Å². The Labute approximate surface area is 124 Å². The predicted molar refractivity (Wildman–Crippen MR) is 87.5 cm³/mol. The molecule has 21 heavy (non-hydrogen) atoms. The number of phenols is 1. The van der Waals surface area contributed by atoms with E-state index in [9.17, 15) is 5.11 Å². The van der Waals surface area contributed by atoms with Crippen LogP contribution in [0.4, 0.5) is 17.1 Å². The van der Waals surface area contributed by atoms with Crippen molar-refractivity contribution in [2.75, 3.05) is 4.90 Å². The fourth-order valence-electron chi connectivity index (χ4n) is 2.32. The van der Waals surface area contributed by atoms with Crippen LogP contribution in [-0.2, 0) is 0 Å². The first-order valence-electron chi connectivity index (χ1n) is 6.95. The normalized spacial score (nSPS) is 10.3. The number of benzene rings is 3. The molecule has 0 atom stereocenters. The van der Waals surface area contributed by atoms with Crippen LogP contribution >= 0.6 is 0 Å². The van der Waals surface area contributed by atoms with Crippen LogP contribution in [0.1, 0.15) is 5.56 Å². The van der Waals surface area contributed by atoms with E-state index in [1.54, 1.807) is 12.1 Å². The molecule has 0 aliphatic heterocycles. The van der Waals surface area contributed by atoms with E-state index >= 15 is 0 Å². The van der Waals surface area contributed by atoms with Crippen molar-refractivity contribution in [2.45, 2.75) is 6.92 Å². The predicted octanol–water partition coefficient (Wildman–Crippen LogP) is 5.17. The Kier molecular flexibility index (Phi) is 3.61. The summed E-state index contributed by atoms with van der Waals surface area (Å²) in [6.07, 6.45) is 0. The van der Waals surface area contributed by atoms with Gasteiger partial charge in [-0.3, -0.25) is 0 Å². The third-order valence-corrected chi connectivity index (χ3v) is 3.41. The van der Waals surface area contributed by atoms with Gasteiger partial charge >= 0.3 is 0 Å². The Balaban J connectivity index is 2.11. The van der Waals surface area contributed by atoms with Crippen LogP contribution in [0.3, 0.4) is 0 Å². The topological polar surface area (TPSA) is 23.5 Å². The zero-order valence-corrected chi connectivity index (χ0v) is 11.9. The van der Waals surface area contributed by atoms with Crippen LogP contribution in [0.5, 0.6) is 5.75 Å². The molecule has 0 heterocycles. The highest BCUT2D eigenvalue weighted by Gasteiger charge is 2.11. The highest BCUT2D eigenvalue weighted by atomic mass is 16.3. The summed E-state index contributed by atoms with van der Waals surface area (Å²) in [5.41, 5.74) is 4.44. The molecule has 3 aromatic rings. The van der Waals surface area contributed by atoms with Gasteiger partial charge in [-0.25, -0.2) is 0 Å². The summed E-state index contributed by atoms with van der Waals surface area (Å²) in [4.78, 5) is 2.17. The minimum Gasteiger partial charge on any atom is -0.508 e. The van der Waals surface area contributed by atoms with Gasteiger partial charge in [-0.05, 0) is 55.5 Å². The number of hydrogen-bond acceptors (Lipinski definition) is 2. The SMILES string of the molecule is Cc1ccc(N(c2ccccc2)c2ccc(O)cc2)cc1. The van der Waals surface area contributed by atoms with E-state index in [-0.39, 0.29) is 5.75 Å². The van der Waals surface area contributed by atoms with Crippen LogP contribution in [0.25, 0.3) is 0 Å². The van der Waals surface area contributed by atoms with Crippen molar-refractivity contribution in [3.63, 3.8) is 0 Å². The molecule has 2 heteroatoms. The first-order chi connectivity index (χ1) is 10.2. The molecule has 1 N–H and O–H groups in total. The fraction of sp³-hybridized carbons (Fsp3) is 0.0526. The number of nitrogens with zero attached hydrogens (tertiary/aromatic N) is 1. The maximum absolute atomic E-state index is 9.50. The van der Waals surface area contributed by atoms with Crippen molar-refractivity contribution in [1.29, 1.82) is 0 Å². The van der Waals surface area contributed by atoms with E-state index in [1.807, 2.05) is 30.3 Å². The molecule has 0 saturated carbocycles. The highest BCUT2D eigenvalue weighted by molar-refractivity contribution is 5.76. The minimum absolute atomic E-state index is 0.274. The first-order valence-corrected chi connectivity index (χ1v) is 6.95. The van der Waals surface area contributed by atoms with Gasteiger partial charge in [-0.15, -0.1) is 0 Å². The van der Waals surface area contributed by atoms with Crippen molar-refractivity contribution in [2.24, 2.45) is 0 Å². The first kappa shape index (κ1) is 13.3. The zero-order valence-electron chi connectivity index (χ0n) is 11.9. The lowest BCUT2D eigenvalue weighted by Gasteiger charge is -2.25. The fourth-order valence-corrected chi connectivity index (χ4v) is 2.32. The van der Waals surface area contributed by atoms with Gasteiger partial charge in [0.2, 0.25) is 0 Å². The summed E-state index contributed by atoms with van der Waals surface area (Å²) in [7, 11) is 0. The second kappa shape index (κ2) is 5.71. The molecule has 0 amide bonds. The summed E-state index contributed by atoms with van der Waals surface area (Å²) in [5, 5.41) is 9.50. The van der Waals surface area contributed by atoms with Crippen LogP contribution in [0.15, 0.2) is 78.9 Å². The van der Waals surface area contributed by atoms with E-state index in [4.69, 9.17) is 0 Å². The molecule has 0 aliphatic carbocycles. The summed E-state index contributed by atoms with van der Waals surface area (Å²) in [6.45, 7) is 2.08. The van der Waals surface area contributed by atoms with E-state index in [0.29, 0.717) is 0 Å². The molecule has 0 radical (unpaired) electrons. The Bertz CT molecular complexity index is 657. The van der Waals surface area contributed by atoms with Crippen LogP contribution < -0.4 is 4.90 Å². The molecule has 0 unspecified atom stereocenters. The molecular formula is C19H17NO. The number of rotatable bonds is 3. The third kappa shape index (κ3) is 2.90. The molecule has 0 aliphatic rings. The monoisotopic (exact) mass is 275 g/mol. The van der Waals surface area contributed by atoms with E-state index in [1.165, 1.54) is 5.56 Å². The molecule has 0 spiro atoms. The number of aryl methyl sites for hydroxylation is 1. The molecule has 0 aromatic heterocycles. The Morgan fingerprint density at radius 1 is 0.619 bits per heavy atom.